The van der Waals surface area contributed by atoms with Gasteiger partial charge in [-0.1, -0.05) is 0 Å². The minimum atomic E-state index is -0.0270. The van der Waals surface area contributed by atoms with E-state index < -0.39 is 0 Å². The number of nitrogens with zero attached hydrogens (tertiary/aromatic N) is 3. The van der Waals surface area contributed by atoms with Crippen molar-refractivity contribution in [2.24, 2.45) is 13.0 Å². The molecule has 0 aliphatic heterocycles. The first-order chi connectivity index (χ1) is 11.6. The standard InChI is InChI=1S/C17H24N4O2S/c1-4-23-14-7-12(8-14)5-6-18-16(22)15-11(2)20-17(24-15)13-9-19-21(3)10-13/h9-10,12,14H,4-8H2,1-3H3,(H,18,22). The summed E-state index contributed by atoms with van der Waals surface area (Å²) in [6, 6.07) is 0. The Kier molecular flexibility index (Phi) is 5.30. The summed E-state index contributed by atoms with van der Waals surface area (Å²) in [6.07, 6.45) is 7.36. The molecular formula is C17H24N4O2S. The average molecular weight is 348 g/mol. The molecule has 7 heteroatoms. The average Bonchev–Trinajstić information content (AvgIpc) is 3.10. The maximum atomic E-state index is 12.4. The summed E-state index contributed by atoms with van der Waals surface area (Å²) >= 11 is 1.42. The molecule has 0 spiro atoms. The van der Waals surface area contributed by atoms with Crippen LogP contribution >= 0.6 is 11.3 Å². The number of aryl methyl sites for hydroxylation is 2. The van der Waals surface area contributed by atoms with Crippen LogP contribution in [-0.2, 0) is 11.8 Å². The van der Waals surface area contributed by atoms with Crippen LogP contribution in [0.25, 0.3) is 10.6 Å². The first-order valence-corrected chi connectivity index (χ1v) is 9.24. The maximum absolute atomic E-state index is 12.4. The van der Waals surface area contributed by atoms with Crippen molar-refractivity contribution in [2.75, 3.05) is 13.2 Å². The van der Waals surface area contributed by atoms with E-state index in [-0.39, 0.29) is 5.91 Å². The molecule has 2 heterocycles. The highest BCUT2D eigenvalue weighted by molar-refractivity contribution is 7.17. The molecule has 1 fully saturated rings. The third-order valence-corrected chi connectivity index (χ3v) is 5.59. The fourth-order valence-electron chi connectivity index (χ4n) is 3.01. The van der Waals surface area contributed by atoms with E-state index in [0.717, 1.165) is 42.1 Å². The minimum Gasteiger partial charge on any atom is -0.378 e. The van der Waals surface area contributed by atoms with Crippen molar-refractivity contribution in [3.8, 4) is 10.6 Å². The third-order valence-electron chi connectivity index (χ3n) is 4.39. The molecule has 3 rings (SSSR count). The van der Waals surface area contributed by atoms with E-state index in [2.05, 4.69) is 15.4 Å². The first-order valence-electron chi connectivity index (χ1n) is 8.43. The number of thiazole rings is 1. The van der Waals surface area contributed by atoms with Crippen LogP contribution in [0.15, 0.2) is 12.4 Å². The first kappa shape index (κ1) is 17.1. The summed E-state index contributed by atoms with van der Waals surface area (Å²) in [5, 5.41) is 8.02. The number of nitrogens with one attached hydrogen (secondary N) is 1. The van der Waals surface area contributed by atoms with Crippen molar-refractivity contribution in [1.29, 1.82) is 0 Å². The highest BCUT2D eigenvalue weighted by Gasteiger charge is 2.29. The predicted octanol–water partition coefficient (Wildman–Crippen LogP) is 2.79. The summed E-state index contributed by atoms with van der Waals surface area (Å²) in [7, 11) is 1.87. The Bertz CT molecular complexity index is 703. The van der Waals surface area contributed by atoms with E-state index in [1.54, 1.807) is 10.9 Å². The normalized spacial score (nSPS) is 20.0. The van der Waals surface area contributed by atoms with Gasteiger partial charge in [0.05, 0.1) is 18.0 Å². The molecule has 0 atom stereocenters. The molecule has 0 aromatic carbocycles. The SMILES string of the molecule is CCOC1CC(CCNC(=O)c2sc(-c3cnn(C)c3)nc2C)C1. The minimum absolute atomic E-state index is 0.0270. The molecule has 1 amide bonds. The summed E-state index contributed by atoms with van der Waals surface area (Å²) in [5.41, 5.74) is 1.72. The summed E-state index contributed by atoms with van der Waals surface area (Å²) < 4.78 is 7.30. The van der Waals surface area contributed by atoms with Crippen LogP contribution in [0.1, 0.15) is 41.6 Å². The number of ether oxygens (including phenoxy) is 1. The molecule has 0 saturated heterocycles. The molecule has 24 heavy (non-hydrogen) atoms. The van der Waals surface area contributed by atoms with Crippen LogP contribution < -0.4 is 5.32 Å². The summed E-state index contributed by atoms with van der Waals surface area (Å²) in [6.45, 7) is 5.41. The number of hydrogen-bond donors (Lipinski definition) is 1. The molecule has 2 aromatic rings. The van der Waals surface area contributed by atoms with E-state index in [9.17, 15) is 4.79 Å². The fourth-order valence-corrected chi connectivity index (χ4v) is 3.97. The second-order valence-electron chi connectivity index (χ2n) is 6.30. The van der Waals surface area contributed by atoms with Crippen LogP contribution in [0.4, 0.5) is 0 Å². The molecule has 6 nitrogen and oxygen atoms in total. The monoisotopic (exact) mass is 348 g/mol. The Morgan fingerprint density at radius 1 is 1.50 bits per heavy atom. The van der Waals surface area contributed by atoms with Crippen LogP contribution in [0.2, 0.25) is 0 Å². The molecule has 1 N–H and O–H groups in total. The molecule has 2 aromatic heterocycles. The number of amides is 1. The van der Waals surface area contributed by atoms with Gasteiger partial charge in [-0.2, -0.15) is 5.10 Å². The molecule has 0 unspecified atom stereocenters. The van der Waals surface area contributed by atoms with Gasteiger partial charge in [0.25, 0.3) is 5.91 Å². The van der Waals surface area contributed by atoms with Gasteiger partial charge >= 0.3 is 0 Å². The number of carbonyl (C=O) groups is 1. The smallest absolute Gasteiger partial charge is 0.263 e. The van der Waals surface area contributed by atoms with Crippen LogP contribution in [0.5, 0.6) is 0 Å². The van der Waals surface area contributed by atoms with Gasteiger partial charge in [0.15, 0.2) is 0 Å². The van der Waals surface area contributed by atoms with Crippen LogP contribution in [0, 0.1) is 12.8 Å². The Morgan fingerprint density at radius 2 is 2.29 bits per heavy atom. The summed E-state index contributed by atoms with van der Waals surface area (Å²) in [4.78, 5) is 17.6. The number of aromatic nitrogens is 3. The van der Waals surface area contributed by atoms with E-state index >= 15 is 0 Å². The van der Waals surface area contributed by atoms with Crippen molar-refractivity contribution in [3.63, 3.8) is 0 Å². The van der Waals surface area contributed by atoms with E-state index in [4.69, 9.17) is 4.74 Å². The van der Waals surface area contributed by atoms with Gasteiger partial charge < -0.3 is 10.1 Å². The maximum Gasteiger partial charge on any atom is 0.263 e. The number of hydrogen-bond acceptors (Lipinski definition) is 5. The lowest BCUT2D eigenvalue weighted by molar-refractivity contribution is -0.0261. The van der Waals surface area contributed by atoms with Gasteiger partial charge in [-0.3, -0.25) is 9.48 Å². The van der Waals surface area contributed by atoms with Crippen molar-refractivity contribution in [2.45, 2.75) is 39.2 Å². The molecule has 0 bridgehead atoms. The predicted molar refractivity (Wildman–Crippen MR) is 94.1 cm³/mol. The molecular weight excluding hydrogens is 324 g/mol. The van der Waals surface area contributed by atoms with Gasteiger partial charge in [0, 0.05) is 32.0 Å². The Hall–Kier alpha value is -1.73. The number of rotatable bonds is 7. The lowest BCUT2D eigenvalue weighted by Crippen LogP contribution is -2.34. The van der Waals surface area contributed by atoms with E-state index in [0.29, 0.717) is 23.4 Å². The van der Waals surface area contributed by atoms with Crippen molar-refractivity contribution >= 4 is 17.2 Å². The van der Waals surface area contributed by atoms with Crippen LogP contribution in [-0.4, -0.2) is 39.9 Å². The zero-order valence-electron chi connectivity index (χ0n) is 14.4. The van der Waals surface area contributed by atoms with Crippen LogP contribution in [0.3, 0.4) is 0 Å². The van der Waals surface area contributed by atoms with Gasteiger partial charge in [-0.15, -0.1) is 11.3 Å². The van der Waals surface area contributed by atoms with Crippen molar-refractivity contribution < 1.29 is 9.53 Å². The largest absolute Gasteiger partial charge is 0.378 e. The lowest BCUT2D eigenvalue weighted by atomic mass is 9.80. The Balaban J connectivity index is 1.50. The highest BCUT2D eigenvalue weighted by Crippen LogP contribution is 2.32. The fraction of sp³-hybridized carbons (Fsp3) is 0.588. The summed E-state index contributed by atoms with van der Waals surface area (Å²) in [5.74, 6) is 0.649. The van der Waals surface area contributed by atoms with E-state index in [1.165, 1.54) is 11.3 Å². The van der Waals surface area contributed by atoms with Gasteiger partial charge in [-0.25, -0.2) is 4.98 Å². The topological polar surface area (TPSA) is 69.0 Å². The molecule has 0 radical (unpaired) electrons. The highest BCUT2D eigenvalue weighted by atomic mass is 32.1. The quantitative estimate of drug-likeness (QED) is 0.835. The Labute approximate surface area is 146 Å². The second kappa shape index (κ2) is 7.44. The van der Waals surface area contributed by atoms with E-state index in [1.807, 2.05) is 27.1 Å². The zero-order valence-corrected chi connectivity index (χ0v) is 15.2. The van der Waals surface area contributed by atoms with Crippen molar-refractivity contribution in [1.82, 2.24) is 20.1 Å². The molecule has 1 aliphatic rings. The second-order valence-corrected chi connectivity index (χ2v) is 7.29. The molecule has 130 valence electrons. The van der Waals surface area contributed by atoms with Gasteiger partial charge in [-0.05, 0) is 39.0 Å². The zero-order chi connectivity index (χ0) is 17.1. The lowest BCUT2D eigenvalue weighted by Gasteiger charge is -2.34. The van der Waals surface area contributed by atoms with Gasteiger partial charge in [0.2, 0.25) is 0 Å². The van der Waals surface area contributed by atoms with Gasteiger partial charge in [0.1, 0.15) is 9.88 Å². The Morgan fingerprint density at radius 3 is 2.96 bits per heavy atom. The third kappa shape index (κ3) is 3.84. The molecule has 1 aliphatic carbocycles. The van der Waals surface area contributed by atoms with Crippen molar-refractivity contribution in [3.05, 3.63) is 23.0 Å². The number of carbonyl (C=O) groups excluding carboxylic acids is 1. The molecule has 1 saturated carbocycles.